The highest BCUT2D eigenvalue weighted by molar-refractivity contribution is 6.05. The summed E-state index contributed by atoms with van der Waals surface area (Å²) >= 11 is 0. The van der Waals surface area contributed by atoms with Crippen LogP contribution >= 0.6 is 0 Å². The minimum atomic E-state index is -0.975. The van der Waals surface area contributed by atoms with Crippen LogP contribution in [0.15, 0.2) is 48.5 Å². The number of nitrogens with zero attached hydrogens (tertiary/aromatic N) is 2. The van der Waals surface area contributed by atoms with Crippen LogP contribution in [0.2, 0.25) is 0 Å². The molecule has 0 unspecified atom stereocenters. The van der Waals surface area contributed by atoms with Crippen LogP contribution in [0, 0.1) is 12.3 Å². The number of hydrogen-bond acceptors (Lipinski definition) is 3. The zero-order chi connectivity index (χ0) is 19.7. The zero-order valence-corrected chi connectivity index (χ0v) is 15.8. The van der Waals surface area contributed by atoms with Crippen molar-refractivity contribution in [3.05, 3.63) is 65.4 Å². The van der Waals surface area contributed by atoms with Crippen molar-refractivity contribution in [2.75, 3.05) is 13.1 Å². The number of hydrogen-bond donors (Lipinski definition) is 2. The van der Waals surface area contributed by atoms with Gasteiger partial charge in [0.15, 0.2) is 5.69 Å². The zero-order valence-electron chi connectivity index (χ0n) is 15.8. The van der Waals surface area contributed by atoms with Crippen LogP contribution in [0.5, 0.6) is 0 Å². The fraction of sp³-hybridized carbons (Fsp3) is 0.318. The molecule has 2 N–H and O–H groups in total. The van der Waals surface area contributed by atoms with Gasteiger partial charge in [-0.1, -0.05) is 42.0 Å². The van der Waals surface area contributed by atoms with E-state index < -0.39 is 11.4 Å². The Bertz CT molecular complexity index is 1030. The lowest BCUT2D eigenvalue weighted by molar-refractivity contribution is -0.151. The molecule has 1 aromatic heterocycles. The van der Waals surface area contributed by atoms with E-state index in [0.29, 0.717) is 31.5 Å². The third-order valence-electron chi connectivity index (χ3n) is 5.62. The lowest BCUT2D eigenvalue weighted by Gasteiger charge is -2.40. The predicted molar refractivity (Wildman–Crippen MR) is 106 cm³/mol. The van der Waals surface area contributed by atoms with E-state index in [2.05, 4.69) is 10.2 Å². The van der Waals surface area contributed by atoms with Crippen molar-refractivity contribution in [3.63, 3.8) is 0 Å². The van der Waals surface area contributed by atoms with Gasteiger partial charge in [-0.3, -0.25) is 14.7 Å². The Morgan fingerprint density at radius 3 is 2.75 bits per heavy atom. The smallest absolute Gasteiger partial charge is 0.311 e. The van der Waals surface area contributed by atoms with Gasteiger partial charge < -0.3 is 10.0 Å². The van der Waals surface area contributed by atoms with E-state index in [1.807, 2.05) is 55.5 Å². The highest BCUT2D eigenvalue weighted by atomic mass is 16.4. The van der Waals surface area contributed by atoms with Gasteiger partial charge in [0.2, 0.25) is 0 Å². The average molecular weight is 377 g/mol. The van der Waals surface area contributed by atoms with Crippen LogP contribution in [0.1, 0.15) is 34.5 Å². The molecule has 2 heterocycles. The van der Waals surface area contributed by atoms with Crippen LogP contribution in [-0.4, -0.2) is 45.2 Å². The Kier molecular flexibility index (Phi) is 4.63. The molecule has 1 fully saturated rings. The third kappa shape index (κ3) is 3.26. The first kappa shape index (κ1) is 18.2. The Labute approximate surface area is 163 Å². The number of fused-ring (bicyclic) bond motifs is 1. The number of carbonyl (C=O) groups excluding carboxylic acids is 1. The normalized spacial score (nSPS) is 19.7. The molecule has 6 nitrogen and oxygen atoms in total. The summed E-state index contributed by atoms with van der Waals surface area (Å²) in [5.74, 6) is -1.06. The lowest BCUT2D eigenvalue weighted by atomic mass is 9.75. The molecule has 6 heteroatoms. The molecule has 1 aliphatic heterocycles. The van der Waals surface area contributed by atoms with Crippen molar-refractivity contribution < 1.29 is 14.7 Å². The third-order valence-corrected chi connectivity index (χ3v) is 5.62. The molecule has 0 aliphatic carbocycles. The van der Waals surface area contributed by atoms with Crippen LogP contribution in [0.3, 0.4) is 0 Å². The molecule has 1 saturated heterocycles. The van der Waals surface area contributed by atoms with Crippen molar-refractivity contribution in [1.29, 1.82) is 0 Å². The maximum Gasteiger partial charge on any atom is 0.311 e. The van der Waals surface area contributed by atoms with E-state index >= 15 is 0 Å². The standard InChI is InChI=1S/C22H23N3O3/c1-15-8-9-18-17(12-15)19(24-23-18)20(26)25-11-5-10-22(14-25,21(27)28)13-16-6-3-2-4-7-16/h2-4,6-9,12H,5,10-11,13-14H2,1H3,(H,23,24)(H,27,28)/t22-/m0/s1. The fourth-order valence-corrected chi connectivity index (χ4v) is 4.13. The minimum absolute atomic E-state index is 0.191. The van der Waals surface area contributed by atoms with Crippen LogP contribution < -0.4 is 0 Å². The maximum atomic E-state index is 13.2. The Morgan fingerprint density at radius 1 is 1.21 bits per heavy atom. The van der Waals surface area contributed by atoms with Gasteiger partial charge in [-0.25, -0.2) is 0 Å². The highest BCUT2D eigenvalue weighted by Gasteiger charge is 2.44. The van der Waals surface area contributed by atoms with Crippen molar-refractivity contribution >= 4 is 22.8 Å². The molecular weight excluding hydrogens is 354 g/mol. The number of aliphatic carboxylic acids is 1. The molecule has 1 atom stereocenters. The monoisotopic (exact) mass is 377 g/mol. The van der Waals surface area contributed by atoms with Crippen molar-refractivity contribution in [3.8, 4) is 0 Å². The number of carboxylic acids is 1. The topological polar surface area (TPSA) is 86.3 Å². The Hall–Kier alpha value is -3.15. The first-order chi connectivity index (χ1) is 13.5. The van der Waals surface area contributed by atoms with Gasteiger partial charge in [-0.15, -0.1) is 0 Å². The number of carboxylic acid groups (broad SMARTS) is 1. The van der Waals surface area contributed by atoms with Gasteiger partial charge >= 0.3 is 5.97 Å². The second-order valence-electron chi connectivity index (χ2n) is 7.70. The number of likely N-dealkylation sites (tertiary alicyclic amines) is 1. The highest BCUT2D eigenvalue weighted by Crippen LogP contribution is 2.35. The number of aromatic nitrogens is 2. The number of piperidine rings is 1. The predicted octanol–water partition coefficient (Wildman–Crippen LogP) is 3.42. The van der Waals surface area contributed by atoms with E-state index in [9.17, 15) is 14.7 Å². The lowest BCUT2D eigenvalue weighted by Crippen LogP contribution is -2.51. The van der Waals surface area contributed by atoms with Gasteiger partial charge in [0.05, 0.1) is 10.9 Å². The van der Waals surface area contributed by atoms with E-state index in [-0.39, 0.29) is 12.5 Å². The van der Waals surface area contributed by atoms with Gasteiger partial charge in [-0.05, 0) is 43.9 Å². The Balaban J connectivity index is 1.63. The van der Waals surface area contributed by atoms with Gasteiger partial charge in [-0.2, -0.15) is 5.10 Å². The van der Waals surface area contributed by atoms with E-state index in [0.717, 1.165) is 22.0 Å². The summed E-state index contributed by atoms with van der Waals surface area (Å²) in [5, 5.41) is 17.9. The molecule has 1 amide bonds. The van der Waals surface area contributed by atoms with Crippen LogP contribution in [0.4, 0.5) is 0 Å². The fourth-order valence-electron chi connectivity index (χ4n) is 4.13. The van der Waals surface area contributed by atoms with Gasteiger partial charge in [0, 0.05) is 18.5 Å². The molecule has 0 spiro atoms. The minimum Gasteiger partial charge on any atom is -0.481 e. The second-order valence-corrected chi connectivity index (χ2v) is 7.70. The van der Waals surface area contributed by atoms with Gasteiger partial charge in [0.1, 0.15) is 0 Å². The summed E-state index contributed by atoms with van der Waals surface area (Å²) in [5.41, 5.74) is 2.21. The molecule has 0 saturated carbocycles. The molecular formula is C22H23N3O3. The van der Waals surface area contributed by atoms with Crippen LogP contribution in [0.25, 0.3) is 10.9 Å². The van der Waals surface area contributed by atoms with Crippen molar-refractivity contribution in [2.45, 2.75) is 26.2 Å². The first-order valence-corrected chi connectivity index (χ1v) is 9.50. The first-order valence-electron chi connectivity index (χ1n) is 9.50. The number of H-pyrrole nitrogens is 1. The summed E-state index contributed by atoms with van der Waals surface area (Å²) in [7, 11) is 0. The average Bonchev–Trinajstić information content (AvgIpc) is 3.11. The molecule has 144 valence electrons. The molecule has 2 aromatic carbocycles. The number of carbonyl (C=O) groups is 2. The quantitative estimate of drug-likeness (QED) is 0.729. The summed E-state index contributed by atoms with van der Waals surface area (Å²) in [4.78, 5) is 27.1. The SMILES string of the molecule is Cc1ccc2[nH]nc(C(=O)N3CCC[C@@](Cc4ccccc4)(C(=O)O)C3)c2c1. The maximum absolute atomic E-state index is 13.2. The van der Waals surface area contributed by atoms with Crippen molar-refractivity contribution in [2.24, 2.45) is 5.41 Å². The molecule has 1 aliphatic rings. The van der Waals surface area contributed by atoms with Crippen molar-refractivity contribution in [1.82, 2.24) is 15.1 Å². The number of aryl methyl sites for hydroxylation is 1. The second kappa shape index (κ2) is 7.11. The molecule has 4 rings (SSSR count). The number of benzene rings is 2. The Morgan fingerprint density at radius 2 is 2.00 bits per heavy atom. The molecule has 3 aromatic rings. The largest absolute Gasteiger partial charge is 0.481 e. The number of aromatic amines is 1. The van der Waals surface area contributed by atoms with Crippen LogP contribution in [-0.2, 0) is 11.2 Å². The summed E-state index contributed by atoms with van der Waals surface area (Å²) in [6.07, 6.45) is 1.63. The number of rotatable bonds is 4. The van der Waals surface area contributed by atoms with E-state index in [1.54, 1.807) is 4.90 Å². The number of amides is 1. The number of nitrogens with one attached hydrogen (secondary N) is 1. The summed E-state index contributed by atoms with van der Waals surface area (Å²) in [6, 6.07) is 15.4. The molecule has 0 radical (unpaired) electrons. The van der Waals surface area contributed by atoms with E-state index in [1.165, 1.54) is 0 Å². The van der Waals surface area contributed by atoms with Gasteiger partial charge in [0.25, 0.3) is 5.91 Å². The van der Waals surface area contributed by atoms with E-state index in [4.69, 9.17) is 0 Å². The molecule has 0 bridgehead atoms. The molecule has 28 heavy (non-hydrogen) atoms. The summed E-state index contributed by atoms with van der Waals surface area (Å²) in [6.45, 7) is 2.70. The summed E-state index contributed by atoms with van der Waals surface area (Å²) < 4.78 is 0.